The van der Waals surface area contributed by atoms with E-state index in [0.717, 1.165) is 77.7 Å². The highest BCUT2D eigenvalue weighted by Gasteiger charge is 2.32. The number of alkyl halides is 3. The van der Waals surface area contributed by atoms with Gasteiger partial charge in [-0.3, -0.25) is 0 Å². The minimum Gasteiger partial charge on any atom is -0.462 e. The Balaban J connectivity index is 1.17. The fourth-order valence-corrected chi connectivity index (χ4v) is 7.90. The number of hydrogen-bond acceptors (Lipinski definition) is 10. The molecule has 0 amide bonds. The first-order valence-corrected chi connectivity index (χ1v) is 17.9. The molecular weight excluding hydrogens is 693 g/mol. The van der Waals surface area contributed by atoms with E-state index in [4.69, 9.17) is 26.3 Å². The lowest BCUT2D eigenvalue weighted by molar-refractivity contribution is -0.137. The van der Waals surface area contributed by atoms with Crippen LogP contribution in [0.25, 0.3) is 10.8 Å². The van der Waals surface area contributed by atoms with Crippen LogP contribution in [0.3, 0.4) is 0 Å². The van der Waals surface area contributed by atoms with Crippen molar-refractivity contribution in [3.63, 3.8) is 0 Å². The molecule has 4 heterocycles. The maximum absolute atomic E-state index is 13.2. The van der Waals surface area contributed by atoms with Crippen molar-refractivity contribution in [2.24, 2.45) is 0 Å². The first-order valence-electron chi connectivity index (χ1n) is 16.1. The molecule has 50 heavy (non-hydrogen) atoms. The lowest BCUT2D eigenvalue weighted by atomic mass is 10.0. The Morgan fingerprint density at radius 1 is 1.04 bits per heavy atom. The van der Waals surface area contributed by atoms with Crippen LogP contribution in [-0.4, -0.2) is 77.3 Å². The van der Waals surface area contributed by atoms with Crippen LogP contribution in [0.2, 0.25) is 5.02 Å². The van der Waals surface area contributed by atoms with Crippen LogP contribution >= 0.6 is 11.6 Å². The second-order valence-electron chi connectivity index (χ2n) is 12.5. The van der Waals surface area contributed by atoms with Gasteiger partial charge in [0, 0.05) is 36.3 Å². The molecule has 1 saturated heterocycles. The van der Waals surface area contributed by atoms with Gasteiger partial charge in [-0.2, -0.15) is 31.6 Å². The lowest BCUT2D eigenvalue weighted by Crippen LogP contribution is -2.34. The number of hydrogen-bond donors (Lipinski definition) is 0. The maximum atomic E-state index is 13.2. The van der Waals surface area contributed by atoms with Gasteiger partial charge in [-0.1, -0.05) is 35.9 Å². The molecule has 1 atom stereocenters. The average molecular weight is 727 g/mol. The molecule has 7 rings (SSSR count). The molecule has 0 aliphatic carbocycles. The monoisotopic (exact) mass is 726 g/mol. The van der Waals surface area contributed by atoms with Gasteiger partial charge in [-0.15, -0.1) is 9.19 Å². The van der Waals surface area contributed by atoms with Gasteiger partial charge in [-0.05, 0) is 74.6 Å². The van der Waals surface area contributed by atoms with E-state index in [1.807, 2.05) is 35.2 Å². The highest BCUT2D eigenvalue weighted by atomic mass is 35.5. The van der Waals surface area contributed by atoms with E-state index in [9.17, 15) is 21.6 Å². The molecule has 0 N–H and O–H groups in total. The molecule has 0 spiro atoms. The summed E-state index contributed by atoms with van der Waals surface area (Å²) in [6.07, 6.45) is -0.821. The number of nitrogens with zero attached hydrogens (tertiary/aromatic N) is 8. The lowest BCUT2D eigenvalue weighted by Gasteiger charge is -2.33. The molecule has 262 valence electrons. The van der Waals surface area contributed by atoms with E-state index in [0.29, 0.717) is 41.0 Å². The number of likely N-dealkylation sites (N-methyl/N-ethyl adjacent to an activating group) is 1. The molecule has 16 heteroatoms. The van der Waals surface area contributed by atoms with Gasteiger partial charge in [0.05, 0.1) is 34.3 Å². The zero-order chi connectivity index (χ0) is 35.2. The summed E-state index contributed by atoms with van der Waals surface area (Å²) in [4.78, 5) is 19.9. The van der Waals surface area contributed by atoms with Gasteiger partial charge in [0.15, 0.2) is 5.82 Å². The van der Waals surface area contributed by atoms with E-state index in [2.05, 4.69) is 33.0 Å². The smallest absolute Gasteiger partial charge is 0.416 e. The number of aromatic nitrogens is 5. The molecule has 5 aromatic rings. The third-order valence-corrected chi connectivity index (χ3v) is 11.1. The summed E-state index contributed by atoms with van der Waals surface area (Å²) in [5, 5.41) is 6.85. The highest BCUT2D eigenvalue weighted by molar-refractivity contribution is 7.89. The Morgan fingerprint density at radius 3 is 2.52 bits per heavy atom. The predicted molar refractivity (Wildman–Crippen MR) is 183 cm³/mol. The van der Waals surface area contributed by atoms with Crippen molar-refractivity contribution in [2.45, 2.75) is 49.5 Å². The molecule has 0 bridgehead atoms. The van der Waals surface area contributed by atoms with Crippen molar-refractivity contribution in [2.75, 3.05) is 43.6 Å². The molecule has 1 fully saturated rings. The number of halogens is 4. The first kappa shape index (κ1) is 34.0. The quantitative estimate of drug-likeness (QED) is 0.185. The van der Waals surface area contributed by atoms with Crippen molar-refractivity contribution in [3.05, 3.63) is 94.7 Å². The fraction of sp³-hybridized carbons (Fsp3) is 0.353. The zero-order valence-corrected chi connectivity index (χ0v) is 28.9. The van der Waals surface area contributed by atoms with Crippen molar-refractivity contribution < 1.29 is 26.3 Å². The Morgan fingerprint density at radius 2 is 1.80 bits per heavy atom. The Bertz CT molecular complexity index is 2140. The molecule has 11 nitrogen and oxygen atoms in total. The standard InChI is InChI=1S/C34H34ClF3N8O3S/c1-43-16-5-8-24(43)20-49-33-40-28-18-45(29-10-4-7-22-6-3-9-27(35)31(22)29)17-15-26(28)32(41-33)44(2)19-30-39-21-46(42-30)50(47,48)25-13-11-23(12-14-25)34(36,37)38/h3-4,6-7,9-14,21,24H,5,8,15-20H2,1-2H3/t24-/m0/s1. The zero-order valence-electron chi connectivity index (χ0n) is 27.3. The van der Waals surface area contributed by atoms with Gasteiger partial charge in [0.1, 0.15) is 18.8 Å². The summed E-state index contributed by atoms with van der Waals surface area (Å²) in [5.41, 5.74) is 1.78. The van der Waals surface area contributed by atoms with Crippen LogP contribution in [0.4, 0.5) is 24.7 Å². The van der Waals surface area contributed by atoms with E-state index < -0.39 is 21.8 Å². The molecule has 2 aliphatic heterocycles. The average Bonchev–Trinajstić information content (AvgIpc) is 3.75. The summed E-state index contributed by atoms with van der Waals surface area (Å²) < 4.78 is 72.3. The second kappa shape index (κ2) is 13.3. The molecular formula is C34H34ClF3N8O3S. The normalized spacial score (nSPS) is 16.9. The van der Waals surface area contributed by atoms with Crippen LogP contribution in [0.1, 0.15) is 35.5 Å². The number of ether oxygens (including phenoxy) is 1. The maximum Gasteiger partial charge on any atom is 0.416 e. The molecule has 2 aliphatic rings. The Kier molecular flexibility index (Phi) is 9.07. The minimum atomic E-state index is -4.59. The highest BCUT2D eigenvalue weighted by Crippen LogP contribution is 2.37. The van der Waals surface area contributed by atoms with Crippen molar-refractivity contribution >= 4 is 43.9 Å². The second-order valence-corrected chi connectivity index (χ2v) is 14.7. The molecule has 0 unspecified atom stereocenters. The van der Waals surface area contributed by atoms with Crippen molar-refractivity contribution in [3.8, 4) is 6.01 Å². The summed E-state index contributed by atoms with van der Waals surface area (Å²) in [5.74, 6) is 0.788. The van der Waals surface area contributed by atoms with Gasteiger partial charge >= 0.3 is 12.2 Å². The third-order valence-electron chi connectivity index (χ3n) is 9.26. The van der Waals surface area contributed by atoms with Gasteiger partial charge in [0.25, 0.3) is 10.0 Å². The Hall–Kier alpha value is -4.47. The fourth-order valence-electron chi connectivity index (χ4n) is 6.56. The topological polar surface area (TPSA) is 110 Å². The number of likely N-dealkylation sites (tertiary alicyclic amines) is 1. The SMILES string of the molecule is CN(Cc1ncn(S(=O)(=O)c2ccc(C(F)(F)F)cc2)n1)c1nc(OC[C@@H]2CCCN2C)nc2c1CCN(c1cccc3cccc(Cl)c13)C2. The van der Waals surface area contributed by atoms with Crippen molar-refractivity contribution in [1.82, 2.24) is 29.0 Å². The van der Waals surface area contributed by atoms with Crippen molar-refractivity contribution in [1.29, 1.82) is 0 Å². The summed E-state index contributed by atoms with van der Waals surface area (Å²) in [7, 11) is -0.402. The van der Waals surface area contributed by atoms with E-state index in [-0.39, 0.29) is 29.3 Å². The third kappa shape index (κ3) is 6.68. The van der Waals surface area contributed by atoms with E-state index in [1.54, 1.807) is 7.05 Å². The minimum absolute atomic E-state index is 0.0897. The Labute approximate surface area is 292 Å². The number of rotatable bonds is 9. The van der Waals surface area contributed by atoms with Gasteiger partial charge < -0.3 is 19.4 Å². The molecule has 0 saturated carbocycles. The van der Waals surface area contributed by atoms with Gasteiger partial charge in [0.2, 0.25) is 0 Å². The van der Waals surface area contributed by atoms with Gasteiger partial charge in [-0.25, -0.2) is 4.98 Å². The van der Waals surface area contributed by atoms with Crippen LogP contribution in [-0.2, 0) is 35.7 Å². The van der Waals surface area contributed by atoms with E-state index >= 15 is 0 Å². The number of benzene rings is 3. The molecule has 3 aromatic carbocycles. The summed E-state index contributed by atoms with van der Waals surface area (Å²) in [6, 6.07) is 15.7. The number of anilines is 2. The first-order chi connectivity index (χ1) is 23.9. The van der Waals surface area contributed by atoms with Crippen LogP contribution in [0.15, 0.2) is 71.9 Å². The largest absolute Gasteiger partial charge is 0.462 e. The number of fused-ring (bicyclic) bond motifs is 2. The van der Waals surface area contributed by atoms with E-state index in [1.165, 1.54) is 0 Å². The summed E-state index contributed by atoms with van der Waals surface area (Å²) >= 11 is 6.68. The molecule has 0 radical (unpaired) electrons. The van der Waals surface area contributed by atoms with Crippen LogP contribution < -0.4 is 14.5 Å². The predicted octanol–water partition coefficient (Wildman–Crippen LogP) is 5.80. The van der Waals surface area contributed by atoms with Crippen LogP contribution in [0.5, 0.6) is 6.01 Å². The summed E-state index contributed by atoms with van der Waals surface area (Å²) in [6.45, 7) is 2.69. The van der Waals surface area contributed by atoms with Crippen LogP contribution in [0, 0.1) is 0 Å². The molecule has 2 aromatic heterocycles.